The smallest absolute Gasteiger partial charge is 0.318 e. The Balaban J connectivity index is 0.000000390. The number of amides is 1. The van der Waals surface area contributed by atoms with Crippen LogP contribution in [-0.2, 0) is 24.1 Å². The average molecular weight is 576 g/mol. The number of carbonyl (C=O) groups is 1. The molecule has 4 aliphatic rings. The van der Waals surface area contributed by atoms with Crippen molar-refractivity contribution in [1.82, 2.24) is 19.8 Å². The number of para-hydroxylation sites is 1. The topological polar surface area (TPSA) is 109 Å². The molecule has 10 nitrogen and oxygen atoms in total. The number of nitrogens with zero attached hydrogens (tertiary/aromatic N) is 7. The highest BCUT2D eigenvalue weighted by Crippen LogP contribution is 2.36. The number of piperazine rings is 1. The summed E-state index contributed by atoms with van der Waals surface area (Å²) in [5.41, 5.74) is 4.63. The van der Waals surface area contributed by atoms with Gasteiger partial charge in [0.2, 0.25) is 5.91 Å². The van der Waals surface area contributed by atoms with Crippen LogP contribution in [0.4, 0.5) is 11.5 Å². The SMILES string of the molecule is C=CC(=O)N1CCN(c2nc(OC)nc3c2CCC(N2CC(O)Cc4ccccc42)C3)CC1.CC#N.CN1CCCC1. The number of fused-ring (bicyclic) bond motifs is 2. The number of aromatic nitrogens is 2. The summed E-state index contributed by atoms with van der Waals surface area (Å²) in [4.78, 5) is 30.2. The third-order valence-corrected chi connectivity index (χ3v) is 8.39. The van der Waals surface area contributed by atoms with Gasteiger partial charge in [-0.3, -0.25) is 4.79 Å². The van der Waals surface area contributed by atoms with E-state index in [0.29, 0.717) is 32.1 Å². The van der Waals surface area contributed by atoms with Crippen LogP contribution in [0.1, 0.15) is 43.0 Å². The molecule has 1 aliphatic carbocycles. The maximum absolute atomic E-state index is 12.0. The number of aliphatic hydroxyl groups is 1. The number of hydrogen-bond acceptors (Lipinski definition) is 9. The summed E-state index contributed by atoms with van der Waals surface area (Å²) in [6.07, 6.45) is 7.19. The Morgan fingerprint density at radius 2 is 1.81 bits per heavy atom. The minimum absolute atomic E-state index is 0.0243. The van der Waals surface area contributed by atoms with Crippen molar-refractivity contribution in [2.75, 3.05) is 69.8 Å². The quantitative estimate of drug-likeness (QED) is 0.551. The van der Waals surface area contributed by atoms with Gasteiger partial charge in [-0.15, -0.1) is 0 Å². The normalized spacial score (nSPS) is 21.5. The minimum Gasteiger partial charge on any atom is -0.467 e. The first-order chi connectivity index (χ1) is 20.4. The summed E-state index contributed by atoms with van der Waals surface area (Å²) >= 11 is 0. The lowest BCUT2D eigenvalue weighted by molar-refractivity contribution is -0.126. The molecule has 0 spiro atoms. The van der Waals surface area contributed by atoms with Gasteiger partial charge in [0, 0.05) is 69.8 Å². The van der Waals surface area contributed by atoms with Crippen LogP contribution in [-0.4, -0.2) is 103 Å². The Bertz CT molecular complexity index is 1250. The van der Waals surface area contributed by atoms with Crippen LogP contribution in [0.15, 0.2) is 36.9 Å². The van der Waals surface area contributed by atoms with Crippen molar-refractivity contribution in [2.45, 2.75) is 57.6 Å². The molecule has 6 rings (SSSR count). The van der Waals surface area contributed by atoms with Gasteiger partial charge in [-0.05, 0) is 63.5 Å². The maximum atomic E-state index is 12.0. The molecule has 1 amide bonds. The highest BCUT2D eigenvalue weighted by Gasteiger charge is 2.34. The van der Waals surface area contributed by atoms with Crippen molar-refractivity contribution >= 4 is 17.4 Å². The number of aliphatic hydroxyl groups excluding tert-OH is 1. The third kappa shape index (κ3) is 7.58. The summed E-state index contributed by atoms with van der Waals surface area (Å²) in [5.74, 6) is 0.906. The van der Waals surface area contributed by atoms with E-state index in [-0.39, 0.29) is 18.1 Å². The highest BCUT2D eigenvalue weighted by atomic mass is 16.5. The van der Waals surface area contributed by atoms with Crippen molar-refractivity contribution < 1.29 is 14.6 Å². The minimum atomic E-state index is -0.355. The van der Waals surface area contributed by atoms with Crippen LogP contribution in [0.5, 0.6) is 6.01 Å². The molecule has 0 bridgehead atoms. The fraction of sp³-hybridized carbons (Fsp3) is 0.562. The van der Waals surface area contributed by atoms with E-state index in [1.54, 1.807) is 13.2 Å². The van der Waals surface area contributed by atoms with E-state index < -0.39 is 0 Å². The van der Waals surface area contributed by atoms with Crippen LogP contribution in [0.2, 0.25) is 0 Å². The predicted molar refractivity (Wildman–Crippen MR) is 165 cm³/mol. The van der Waals surface area contributed by atoms with Gasteiger partial charge in [-0.2, -0.15) is 15.2 Å². The standard InChI is InChI=1S/C25H31N5O3.C5H11N.C2H3N/c1-3-23(32)28-10-12-29(13-11-28)24-20-9-8-18(15-21(20)26-25(27-24)33-2)30-16-19(31)14-17-6-4-5-7-22(17)30;1-6-4-2-3-5-6;1-2-3/h3-7,18-19,31H,1,8-16H2,2H3;2-5H2,1H3;1H3. The summed E-state index contributed by atoms with van der Waals surface area (Å²) in [6, 6.07) is 10.8. The highest BCUT2D eigenvalue weighted by molar-refractivity contribution is 5.87. The molecule has 4 heterocycles. The first kappa shape index (κ1) is 31.3. The molecular formula is C32H45N7O3. The molecule has 2 atom stereocenters. The molecular weight excluding hydrogens is 530 g/mol. The van der Waals surface area contributed by atoms with Gasteiger partial charge in [0.05, 0.1) is 25.0 Å². The number of methoxy groups -OCH3 is 1. The van der Waals surface area contributed by atoms with E-state index in [9.17, 15) is 9.90 Å². The van der Waals surface area contributed by atoms with E-state index in [1.807, 2.05) is 11.0 Å². The second-order valence-corrected chi connectivity index (χ2v) is 11.2. The molecule has 2 aromatic rings. The first-order valence-corrected chi connectivity index (χ1v) is 15.0. The van der Waals surface area contributed by atoms with Gasteiger partial charge in [0.15, 0.2) is 0 Å². The van der Waals surface area contributed by atoms with Gasteiger partial charge in [0.1, 0.15) is 5.82 Å². The van der Waals surface area contributed by atoms with Crippen LogP contribution < -0.4 is 14.5 Å². The number of hydrogen-bond donors (Lipinski definition) is 1. The molecule has 1 N–H and O–H groups in total. The molecule has 3 aliphatic heterocycles. The summed E-state index contributed by atoms with van der Waals surface area (Å²) < 4.78 is 5.46. The summed E-state index contributed by atoms with van der Waals surface area (Å²) in [7, 11) is 3.77. The van der Waals surface area contributed by atoms with E-state index in [0.717, 1.165) is 43.9 Å². The summed E-state index contributed by atoms with van der Waals surface area (Å²) in [5, 5.41) is 17.8. The van der Waals surface area contributed by atoms with Gasteiger partial charge < -0.3 is 29.4 Å². The fourth-order valence-corrected chi connectivity index (χ4v) is 6.27. The zero-order chi connectivity index (χ0) is 30.1. The number of nitriles is 1. The number of rotatable bonds is 4. The molecule has 2 unspecified atom stereocenters. The second kappa shape index (κ2) is 15.0. The Labute approximate surface area is 250 Å². The molecule has 42 heavy (non-hydrogen) atoms. The van der Waals surface area contributed by atoms with Crippen molar-refractivity contribution in [1.29, 1.82) is 5.26 Å². The van der Waals surface area contributed by atoms with Gasteiger partial charge >= 0.3 is 6.01 Å². The molecule has 226 valence electrons. The van der Waals surface area contributed by atoms with Gasteiger partial charge in [0.25, 0.3) is 0 Å². The number of β-amino-alcohol motifs (C(OH)–C–C–N with tert-alkyl or cyclic N) is 1. The number of anilines is 2. The predicted octanol–water partition coefficient (Wildman–Crippen LogP) is 2.84. The Hall–Kier alpha value is -3.68. The van der Waals surface area contributed by atoms with Crippen molar-refractivity contribution in [2.24, 2.45) is 0 Å². The Morgan fingerprint density at radius 3 is 2.43 bits per heavy atom. The lowest BCUT2D eigenvalue weighted by Crippen LogP contribution is -2.49. The number of carbonyl (C=O) groups excluding carboxylic acids is 1. The zero-order valence-electron chi connectivity index (χ0n) is 25.3. The van der Waals surface area contributed by atoms with Gasteiger partial charge in [-0.25, -0.2) is 0 Å². The monoisotopic (exact) mass is 575 g/mol. The van der Waals surface area contributed by atoms with E-state index in [4.69, 9.17) is 20.0 Å². The second-order valence-electron chi connectivity index (χ2n) is 11.2. The number of ether oxygens (including phenoxy) is 1. The summed E-state index contributed by atoms with van der Waals surface area (Å²) in [6.45, 7) is 11.1. The van der Waals surface area contributed by atoms with E-state index in [2.05, 4.69) is 46.5 Å². The third-order valence-electron chi connectivity index (χ3n) is 8.39. The zero-order valence-corrected chi connectivity index (χ0v) is 25.3. The van der Waals surface area contributed by atoms with Crippen LogP contribution in [0, 0.1) is 11.3 Å². The lowest BCUT2D eigenvalue weighted by Gasteiger charge is -2.42. The molecule has 0 saturated carbocycles. The van der Waals surface area contributed by atoms with Crippen molar-refractivity contribution in [3.63, 3.8) is 0 Å². The van der Waals surface area contributed by atoms with Crippen LogP contribution in [0.3, 0.4) is 0 Å². The number of likely N-dealkylation sites (tertiary alicyclic amines) is 1. The fourth-order valence-electron chi connectivity index (χ4n) is 6.27. The molecule has 0 radical (unpaired) electrons. The Kier molecular flexibility index (Phi) is 11.2. The number of benzene rings is 1. The molecule has 2 fully saturated rings. The molecule has 10 heteroatoms. The van der Waals surface area contributed by atoms with Crippen LogP contribution >= 0.6 is 0 Å². The van der Waals surface area contributed by atoms with Gasteiger partial charge in [-0.1, -0.05) is 24.8 Å². The average Bonchev–Trinajstić information content (AvgIpc) is 3.51. The van der Waals surface area contributed by atoms with E-state index in [1.165, 1.54) is 55.7 Å². The maximum Gasteiger partial charge on any atom is 0.318 e. The molecule has 1 aromatic heterocycles. The van der Waals surface area contributed by atoms with Crippen molar-refractivity contribution in [3.05, 3.63) is 53.7 Å². The Morgan fingerprint density at radius 1 is 1.12 bits per heavy atom. The molecule has 1 aromatic carbocycles. The van der Waals surface area contributed by atoms with E-state index >= 15 is 0 Å². The first-order valence-electron chi connectivity index (χ1n) is 15.0. The van der Waals surface area contributed by atoms with Crippen LogP contribution in [0.25, 0.3) is 0 Å². The van der Waals surface area contributed by atoms with Crippen molar-refractivity contribution in [3.8, 4) is 12.1 Å². The molecule has 2 saturated heterocycles. The largest absolute Gasteiger partial charge is 0.467 e. The lowest BCUT2D eigenvalue weighted by atomic mass is 9.88.